The van der Waals surface area contributed by atoms with Gasteiger partial charge in [-0.15, -0.1) is 0 Å². The average molecular weight is 698 g/mol. The van der Waals surface area contributed by atoms with Crippen molar-refractivity contribution in [2.24, 2.45) is 34.8 Å². The summed E-state index contributed by atoms with van der Waals surface area (Å²) < 4.78 is 6.14. The molecule has 276 valence electrons. The van der Waals surface area contributed by atoms with Crippen molar-refractivity contribution in [2.45, 2.75) is 84.3 Å². The van der Waals surface area contributed by atoms with Crippen molar-refractivity contribution < 1.29 is 19.5 Å². The molecule has 4 aliphatic rings. The van der Waals surface area contributed by atoms with Crippen LogP contribution in [0.3, 0.4) is 0 Å². The maximum atomic E-state index is 14.3. The van der Waals surface area contributed by atoms with E-state index >= 15 is 0 Å². The van der Waals surface area contributed by atoms with Gasteiger partial charge in [-0.1, -0.05) is 69.3 Å². The number of benzene rings is 3. The third-order valence-corrected chi connectivity index (χ3v) is 12.3. The fourth-order valence-electron chi connectivity index (χ4n) is 9.17. The molecule has 0 aromatic heterocycles. The van der Waals surface area contributed by atoms with Gasteiger partial charge in [-0.2, -0.15) is 5.06 Å². The Bertz CT molecular complexity index is 1650. The summed E-state index contributed by atoms with van der Waals surface area (Å²) in [7, 11) is 5.80. The number of nitrogens with one attached hydrogen (secondary N) is 2. The number of nitrogens with two attached hydrogens (primary N) is 1. The van der Waals surface area contributed by atoms with Crippen LogP contribution in [0.5, 0.6) is 5.75 Å². The topological polar surface area (TPSA) is 112 Å². The number of carbonyl (C=O) groups is 1. The highest BCUT2D eigenvalue weighted by Crippen LogP contribution is 2.61. The number of hydrogen-bond acceptors (Lipinski definition) is 8. The molecule has 3 aliphatic carbocycles. The minimum absolute atomic E-state index is 0.103. The predicted octanol–water partition coefficient (Wildman–Crippen LogP) is 5.39. The molecule has 7 rings (SSSR count). The van der Waals surface area contributed by atoms with Crippen LogP contribution < -0.4 is 26.0 Å². The van der Waals surface area contributed by atoms with E-state index in [1.165, 1.54) is 17.5 Å². The molecule has 3 aromatic rings. The van der Waals surface area contributed by atoms with Crippen LogP contribution in [0.15, 0.2) is 66.7 Å². The molecule has 3 saturated carbocycles. The van der Waals surface area contributed by atoms with E-state index in [0.717, 1.165) is 54.1 Å². The Hall–Kier alpha value is -3.47. The molecule has 3 aromatic carbocycles. The van der Waals surface area contributed by atoms with E-state index in [1.807, 2.05) is 18.2 Å². The van der Waals surface area contributed by atoms with Gasteiger partial charge in [0.25, 0.3) is 0 Å². The molecule has 8 atom stereocenters. The first-order chi connectivity index (χ1) is 24.4. The Morgan fingerprint density at radius 2 is 1.86 bits per heavy atom. The van der Waals surface area contributed by atoms with E-state index in [-0.39, 0.29) is 18.5 Å². The maximum absolute atomic E-state index is 14.3. The number of nitrogens with zero attached hydrogens (tertiary/aromatic N) is 2. The van der Waals surface area contributed by atoms with Gasteiger partial charge in [0, 0.05) is 56.0 Å². The van der Waals surface area contributed by atoms with Gasteiger partial charge in [0.2, 0.25) is 5.91 Å². The predicted molar refractivity (Wildman–Crippen MR) is 204 cm³/mol. The van der Waals surface area contributed by atoms with E-state index in [4.69, 9.17) is 15.3 Å². The number of carbonyl (C=O) groups excluding carboxylic acids is 1. The Morgan fingerprint density at radius 3 is 2.51 bits per heavy atom. The molecule has 0 spiro atoms. The quantitative estimate of drug-likeness (QED) is 0.166. The van der Waals surface area contributed by atoms with Crippen molar-refractivity contribution in [1.29, 1.82) is 0 Å². The number of amides is 1. The summed E-state index contributed by atoms with van der Waals surface area (Å²) in [6, 6.07) is 22.7. The van der Waals surface area contributed by atoms with Gasteiger partial charge >= 0.3 is 0 Å². The van der Waals surface area contributed by atoms with E-state index in [1.54, 1.807) is 19.1 Å². The van der Waals surface area contributed by atoms with E-state index in [0.29, 0.717) is 29.7 Å². The first kappa shape index (κ1) is 37.3. The van der Waals surface area contributed by atoms with Crippen LogP contribution in [-0.2, 0) is 29.1 Å². The van der Waals surface area contributed by atoms with Crippen LogP contribution >= 0.6 is 0 Å². The Kier molecular flexibility index (Phi) is 11.4. The molecule has 51 heavy (non-hydrogen) atoms. The number of para-hydroxylation sites is 1. The van der Waals surface area contributed by atoms with Gasteiger partial charge in [-0.05, 0) is 90.8 Å². The minimum atomic E-state index is -0.780. The lowest BCUT2D eigenvalue weighted by Gasteiger charge is -2.62. The second kappa shape index (κ2) is 15.6. The summed E-state index contributed by atoms with van der Waals surface area (Å²) in [4.78, 5) is 22.8. The SMILES string of the molecule is COc1c(CN2O[C@@H](CN)[C@@H]([C@H](C)O)[C@H]2C(=O)N[C@H]2C[C@@H]3C[C@H]([C@@H]2C)C3(C)C)cccc1-c1cc(CNCCc2ccccc2)cc(N(C)C)c1. The molecule has 0 unspecified atom stereocenters. The number of methoxy groups -OCH3 is 1. The number of rotatable bonds is 14. The summed E-state index contributed by atoms with van der Waals surface area (Å²) >= 11 is 0. The number of hydrogen-bond donors (Lipinski definition) is 4. The largest absolute Gasteiger partial charge is 0.496 e. The van der Waals surface area contributed by atoms with Crippen LogP contribution in [0.25, 0.3) is 11.1 Å². The lowest BCUT2D eigenvalue weighted by Crippen LogP contribution is -2.62. The van der Waals surface area contributed by atoms with Crippen LogP contribution in [0, 0.1) is 29.1 Å². The molecule has 1 heterocycles. The van der Waals surface area contributed by atoms with Gasteiger partial charge in [0.05, 0.1) is 25.9 Å². The Balaban J connectivity index is 1.24. The smallest absolute Gasteiger partial charge is 0.240 e. The Labute approximate surface area is 304 Å². The van der Waals surface area contributed by atoms with Crippen molar-refractivity contribution in [3.8, 4) is 16.9 Å². The first-order valence-electron chi connectivity index (χ1n) is 18.8. The number of hydroxylamine groups is 2. The fraction of sp³-hybridized carbons (Fsp3) is 0.548. The van der Waals surface area contributed by atoms with E-state index < -0.39 is 24.2 Å². The number of ether oxygens (including phenoxy) is 1. The van der Waals surface area contributed by atoms with Gasteiger partial charge in [-0.25, -0.2) is 0 Å². The van der Waals surface area contributed by atoms with Crippen molar-refractivity contribution in [1.82, 2.24) is 15.7 Å². The highest BCUT2D eigenvalue weighted by molar-refractivity contribution is 5.83. The zero-order valence-electron chi connectivity index (χ0n) is 31.6. The second-order valence-corrected chi connectivity index (χ2v) is 16.0. The molecule has 9 nitrogen and oxygen atoms in total. The second-order valence-electron chi connectivity index (χ2n) is 16.0. The van der Waals surface area contributed by atoms with Crippen molar-refractivity contribution in [3.63, 3.8) is 0 Å². The lowest BCUT2D eigenvalue weighted by molar-refractivity contribution is -0.175. The molecule has 4 fully saturated rings. The molecule has 5 N–H and O–H groups in total. The van der Waals surface area contributed by atoms with Crippen molar-refractivity contribution >= 4 is 11.6 Å². The summed E-state index contributed by atoms with van der Waals surface area (Å²) in [6.07, 6.45) is 1.92. The highest BCUT2D eigenvalue weighted by Gasteiger charge is 2.57. The van der Waals surface area contributed by atoms with Crippen LogP contribution in [0.2, 0.25) is 0 Å². The molecular formula is C42H59N5O4. The maximum Gasteiger partial charge on any atom is 0.240 e. The Morgan fingerprint density at radius 1 is 1.10 bits per heavy atom. The van der Waals surface area contributed by atoms with E-state index in [2.05, 4.69) is 98.9 Å². The van der Waals surface area contributed by atoms with Gasteiger partial charge in [0.1, 0.15) is 11.8 Å². The molecular weight excluding hydrogens is 638 g/mol. The van der Waals surface area contributed by atoms with Gasteiger partial charge < -0.3 is 31.1 Å². The lowest BCUT2D eigenvalue weighted by atomic mass is 9.45. The van der Waals surface area contributed by atoms with Crippen molar-refractivity contribution in [3.05, 3.63) is 83.4 Å². The summed E-state index contributed by atoms with van der Waals surface area (Å²) in [5.74, 6) is 1.76. The monoisotopic (exact) mass is 697 g/mol. The zero-order valence-corrected chi connectivity index (χ0v) is 31.6. The van der Waals surface area contributed by atoms with Crippen LogP contribution in [0.4, 0.5) is 5.69 Å². The third-order valence-electron chi connectivity index (χ3n) is 12.3. The van der Waals surface area contributed by atoms with Gasteiger partial charge in [-0.3, -0.25) is 9.63 Å². The first-order valence-corrected chi connectivity index (χ1v) is 18.8. The van der Waals surface area contributed by atoms with Crippen LogP contribution in [-0.4, -0.2) is 74.7 Å². The number of fused-ring (bicyclic) bond motifs is 2. The normalized spacial score (nSPS) is 27.4. The zero-order chi connectivity index (χ0) is 36.4. The summed E-state index contributed by atoms with van der Waals surface area (Å²) in [5.41, 5.74) is 13.0. The molecule has 1 saturated heterocycles. The minimum Gasteiger partial charge on any atom is -0.496 e. The molecule has 1 amide bonds. The number of aliphatic hydroxyl groups excluding tert-OH is 1. The summed E-state index contributed by atoms with van der Waals surface area (Å²) in [5, 5.41) is 19.8. The van der Waals surface area contributed by atoms with E-state index in [9.17, 15) is 9.90 Å². The molecule has 9 heteroatoms. The standard InChI is InChI=1S/C42H59N5O4/c1-26-35-21-32(42(35,3)4)22-36(26)45-41(49)39-38(27(2)48)37(23-43)51-47(39)25-30-14-11-15-34(40(30)50-7)31-18-29(19-33(20-31)46(5)6)24-44-17-16-28-12-9-8-10-13-28/h8-15,18-20,26-27,32,35-39,44,48H,16-17,21-25,43H2,1-7H3,(H,45,49)/t26-,27-,32-,35+,36-,37-,38+,39-/m0/s1. The molecule has 0 radical (unpaired) electrons. The number of anilines is 1. The molecule has 2 bridgehead atoms. The van der Waals surface area contributed by atoms with Gasteiger partial charge in [0.15, 0.2) is 0 Å². The fourth-order valence-corrected chi connectivity index (χ4v) is 9.17. The highest BCUT2D eigenvalue weighted by atomic mass is 16.7. The third kappa shape index (κ3) is 7.69. The summed E-state index contributed by atoms with van der Waals surface area (Å²) in [6.45, 7) is 10.9. The van der Waals surface area contributed by atoms with Crippen LogP contribution in [0.1, 0.15) is 57.2 Å². The van der Waals surface area contributed by atoms with Crippen molar-refractivity contribution in [2.75, 3.05) is 39.2 Å². The molecule has 1 aliphatic heterocycles. The number of aliphatic hydroxyl groups is 1. The average Bonchev–Trinajstić information content (AvgIpc) is 3.49.